The molecule has 0 saturated carbocycles. The number of hydrogen-bond donors (Lipinski definition) is 2. The number of ether oxygens (including phenoxy) is 1. The maximum atomic E-state index is 12.1. The maximum Gasteiger partial charge on any atom is 0.236 e. The summed E-state index contributed by atoms with van der Waals surface area (Å²) in [5.41, 5.74) is 0.572. The Hall–Kier alpha value is -1.27. The molecule has 5 nitrogen and oxygen atoms in total. The highest BCUT2D eigenvalue weighted by Crippen LogP contribution is 2.20. The third-order valence-electron chi connectivity index (χ3n) is 2.94. The highest BCUT2D eigenvalue weighted by atomic mass is 32.2. The van der Waals surface area contributed by atoms with Crippen molar-refractivity contribution < 1.29 is 13.2 Å². The highest BCUT2D eigenvalue weighted by molar-refractivity contribution is 7.93. The van der Waals surface area contributed by atoms with Crippen molar-refractivity contribution in [1.29, 1.82) is 0 Å². The lowest BCUT2D eigenvalue weighted by Crippen LogP contribution is -2.29. The fraction of sp³-hybridized carbons (Fsp3) is 0.538. The van der Waals surface area contributed by atoms with Gasteiger partial charge < -0.3 is 10.1 Å². The Labute approximate surface area is 114 Å². The Morgan fingerprint density at radius 2 is 2.00 bits per heavy atom. The third-order valence-corrected chi connectivity index (χ3v) is 4.74. The molecule has 1 aromatic carbocycles. The lowest BCUT2D eigenvalue weighted by molar-refractivity contribution is 0.242. The molecule has 0 radical (unpaired) electrons. The van der Waals surface area contributed by atoms with Gasteiger partial charge in [-0.2, -0.15) is 0 Å². The molecule has 2 rings (SSSR count). The molecule has 1 aliphatic heterocycles. The zero-order chi connectivity index (χ0) is 13.9. The first-order valence-corrected chi connectivity index (χ1v) is 8.01. The van der Waals surface area contributed by atoms with Crippen molar-refractivity contribution in [2.75, 3.05) is 17.8 Å². The van der Waals surface area contributed by atoms with Crippen LogP contribution in [0.1, 0.15) is 20.3 Å². The predicted molar refractivity (Wildman–Crippen MR) is 76.0 cm³/mol. The number of hydrogen-bond acceptors (Lipinski definition) is 4. The zero-order valence-corrected chi connectivity index (χ0v) is 12.0. The van der Waals surface area contributed by atoms with Gasteiger partial charge >= 0.3 is 0 Å². The molecular formula is C13H20N2O3S. The van der Waals surface area contributed by atoms with Crippen LogP contribution in [0.15, 0.2) is 24.3 Å². The van der Waals surface area contributed by atoms with E-state index in [1.807, 2.05) is 13.8 Å². The first kappa shape index (κ1) is 14.1. The second-order valence-corrected chi connectivity index (χ2v) is 6.91. The monoisotopic (exact) mass is 284 g/mol. The molecule has 1 heterocycles. The minimum Gasteiger partial charge on any atom is -0.491 e. The summed E-state index contributed by atoms with van der Waals surface area (Å²) in [6.07, 6.45) is 0.760. The molecule has 0 bridgehead atoms. The van der Waals surface area contributed by atoms with Crippen LogP contribution in [0.5, 0.6) is 5.75 Å². The van der Waals surface area contributed by atoms with E-state index in [-0.39, 0.29) is 11.4 Å². The van der Waals surface area contributed by atoms with Gasteiger partial charge in [0, 0.05) is 12.2 Å². The van der Waals surface area contributed by atoms with Crippen molar-refractivity contribution in [1.82, 2.24) is 5.32 Å². The molecular weight excluding hydrogens is 264 g/mol. The van der Waals surface area contributed by atoms with Crippen molar-refractivity contribution >= 4 is 15.7 Å². The van der Waals surface area contributed by atoms with Crippen LogP contribution in [-0.2, 0) is 10.0 Å². The molecule has 0 aliphatic carbocycles. The normalized spacial score (nSPS) is 19.6. The predicted octanol–water partition coefficient (Wildman–Crippen LogP) is 1.58. The number of sulfonamides is 1. The first-order valence-electron chi connectivity index (χ1n) is 6.46. The Kier molecular flexibility index (Phi) is 4.31. The van der Waals surface area contributed by atoms with Crippen molar-refractivity contribution in [2.24, 2.45) is 0 Å². The Bertz CT molecular complexity index is 505. The summed E-state index contributed by atoms with van der Waals surface area (Å²) in [7, 11) is -3.30. The molecule has 19 heavy (non-hydrogen) atoms. The van der Waals surface area contributed by atoms with Crippen molar-refractivity contribution in [3.05, 3.63) is 24.3 Å². The Morgan fingerprint density at radius 3 is 2.53 bits per heavy atom. The van der Waals surface area contributed by atoms with E-state index in [9.17, 15) is 8.42 Å². The Balaban J connectivity index is 2.02. The lowest BCUT2D eigenvalue weighted by atomic mass is 10.3. The van der Waals surface area contributed by atoms with Gasteiger partial charge in [0.05, 0.1) is 11.4 Å². The van der Waals surface area contributed by atoms with Crippen LogP contribution >= 0.6 is 0 Å². The topological polar surface area (TPSA) is 67.4 Å². The van der Waals surface area contributed by atoms with Gasteiger partial charge in [-0.3, -0.25) is 4.72 Å². The second kappa shape index (κ2) is 5.79. The molecule has 1 aromatic rings. The molecule has 0 spiro atoms. The van der Waals surface area contributed by atoms with Gasteiger partial charge in [0.2, 0.25) is 10.0 Å². The summed E-state index contributed by atoms with van der Waals surface area (Å²) in [6.45, 7) is 5.17. The van der Waals surface area contributed by atoms with Crippen molar-refractivity contribution in [3.63, 3.8) is 0 Å². The quantitative estimate of drug-likeness (QED) is 0.861. The van der Waals surface area contributed by atoms with Gasteiger partial charge in [0.15, 0.2) is 0 Å². The number of anilines is 1. The minimum absolute atomic E-state index is 0.104. The lowest BCUT2D eigenvalue weighted by Gasteiger charge is -2.14. The summed E-state index contributed by atoms with van der Waals surface area (Å²) < 4.78 is 32.3. The fourth-order valence-electron chi connectivity index (χ4n) is 2.01. The second-order valence-electron chi connectivity index (χ2n) is 4.95. The van der Waals surface area contributed by atoms with Gasteiger partial charge in [0.25, 0.3) is 0 Å². The molecule has 106 valence electrons. The third kappa shape index (κ3) is 3.84. The van der Waals surface area contributed by atoms with E-state index in [2.05, 4.69) is 10.0 Å². The SMILES string of the molecule is CC(C)Oc1ccc(NS(=O)(=O)C2CCNC2)cc1. The molecule has 6 heteroatoms. The summed E-state index contributed by atoms with van der Waals surface area (Å²) in [5, 5.41) is 2.71. The molecule has 1 aliphatic rings. The van der Waals surface area contributed by atoms with Crippen LogP contribution in [0.4, 0.5) is 5.69 Å². The van der Waals surface area contributed by atoms with Crippen LogP contribution in [0, 0.1) is 0 Å². The molecule has 1 saturated heterocycles. The number of benzene rings is 1. The molecule has 0 aromatic heterocycles. The summed E-state index contributed by atoms with van der Waals surface area (Å²) in [6, 6.07) is 6.98. The van der Waals surface area contributed by atoms with E-state index in [1.54, 1.807) is 24.3 Å². The minimum atomic E-state index is -3.30. The summed E-state index contributed by atoms with van der Waals surface area (Å²) in [4.78, 5) is 0. The standard InChI is InChI=1S/C13H20N2O3S/c1-10(2)18-12-5-3-11(4-6-12)15-19(16,17)13-7-8-14-9-13/h3-6,10,13-15H,7-9H2,1-2H3. The van der Waals surface area contributed by atoms with Gasteiger partial charge in [-0.1, -0.05) is 0 Å². The van der Waals surface area contributed by atoms with Gasteiger partial charge in [-0.15, -0.1) is 0 Å². The largest absolute Gasteiger partial charge is 0.491 e. The first-order chi connectivity index (χ1) is 8.97. The number of nitrogens with one attached hydrogen (secondary N) is 2. The molecule has 1 fully saturated rings. The average Bonchev–Trinajstić information content (AvgIpc) is 2.85. The molecule has 0 amide bonds. The van der Waals surface area contributed by atoms with Crippen LogP contribution < -0.4 is 14.8 Å². The van der Waals surface area contributed by atoms with E-state index >= 15 is 0 Å². The van der Waals surface area contributed by atoms with Gasteiger partial charge in [-0.05, 0) is 51.1 Å². The Morgan fingerprint density at radius 1 is 1.32 bits per heavy atom. The van der Waals surface area contributed by atoms with Gasteiger partial charge in [0.1, 0.15) is 5.75 Å². The van der Waals surface area contributed by atoms with Crippen LogP contribution in [0.3, 0.4) is 0 Å². The highest BCUT2D eigenvalue weighted by Gasteiger charge is 2.28. The fourth-order valence-corrected chi connectivity index (χ4v) is 3.41. The van der Waals surface area contributed by atoms with Crippen molar-refractivity contribution in [2.45, 2.75) is 31.6 Å². The zero-order valence-electron chi connectivity index (χ0n) is 11.2. The van der Waals surface area contributed by atoms with Gasteiger partial charge in [-0.25, -0.2) is 8.42 Å². The molecule has 1 atom stereocenters. The van der Waals surface area contributed by atoms with Crippen LogP contribution in [0.2, 0.25) is 0 Å². The van der Waals surface area contributed by atoms with E-state index in [1.165, 1.54) is 0 Å². The van der Waals surface area contributed by atoms with E-state index < -0.39 is 10.0 Å². The van der Waals surface area contributed by atoms with E-state index in [4.69, 9.17) is 4.74 Å². The smallest absolute Gasteiger partial charge is 0.236 e. The van der Waals surface area contributed by atoms with E-state index in [0.717, 1.165) is 12.3 Å². The number of rotatable bonds is 5. The average molecular weight is 284 g/mol. The van der Waals surface area contributed by atoms with Crippen LogP contribution in [0.25, 0.3) is 0 Å². The summed E-state index contributed by atoms with van der Waals surface area (Å²) in [5.74, 6) is 0.737. The molecule has 1 unspecified atom stereocenters. The van der Waals surface area contributed by atoms with E-state index in [0.29, 0.717) is 18.7 Å². The van der Waals surface area contributed by atoms with Crippen LogP contribution in [-0.4, -0.2) is 32.9 Å². The van der Waals surface area contributed by atoms with Crippen molar-refractivity contribution in [3.8, 4) is 5.75 Å². The maximum absolute atomic E-state index is 12.1. The summed E-state index contributed by atoms with van der Waals surface area (Å²) >= 11 is 0. The molecule has 2 N–H and O–H groups in total.